The van der Waals surface area contributed by atoms with Crippen LogP contribution in [-0.2, 0) is 0 Å². The molecule has 1 aromatic carbocycles. The van der Waals surface area contributed by atoms with Gasteiger partial charge in [0.1, 0.15) is 12.2 Å². The summed E-state index contributed by atoms with van der Waals surface area (Å²) in [6.07, 6.45) is 1.44. The van der Waals surface area contributed by atoms with Crippen LogP contribution in [0.4, 0.5) is 23.7 Å². The Hall–Kier alpha value is -3.11. The van der Waals surface area contributed by atoms with E-state index in [-0.39, 0.29) is 5.92 Å². The molecular formula is C21H22F3N5O2. The number of aromatic nitrogens is 2. The Bertz CT molecular complexity index is 1080. The molecular weight excluding hydrogens is 411 g/mol. The van der Waals surface area contributed by atoms with Gasteiger partial charge < -0.3 is 15.8 Å². The number of nitrogens with zero attached hydrogens (tertiary/aromatic N) is 2. The number of pyridine rings is 1. The minimum Gasteiger partial charge on any atom is -0.329 e. The van der Waals surface area contributed by atoms with Crippen molar-refractivity contribution >= 4 is 17.4 Å². The maximum atomic E-state index is 12.3. The van der Waals surface area contributed by atoms with E-state index in [1.165, 1.54) is 0 Å². The summed E-state index contributed by atoms with van der Waals surface area (Å²) in [6.45, 7) is -0.916. The first-order valence-corrected chi connectivity index (χ1v) is 9.90. The van der Waals surface area contributed by atoms with Crippen molar-refractivity contribution in [1.29, 1.82) is 0 Å². The number of carbonyl (C=O) groups is 1. The van der Waals surface area contributed by atoms with Crippen LogP contribution < -0.4 is 16.1 Å². The van der Waals surface area contributed by atoms with Gasteiger partial charge in [0.15, 0.2) is 0 Å². The van der Waals surface area contributed by atoms with Crippen molar-refractivity contribution in [1.82, 2.24) is 20.2 Å². The molecule has 7 nitrogen and oxygen atoms in total. The molecule has 1 saturated carbocycles. The highest BCUT2D eigenvalue weighted by Crippen LogP contribution is 2.42. The van der Waals surface area contributed by atoms with Crippen LogP contribution in [-0.4, -0.2) is 39.9 Å². The van der Waals surface area contributed by atoms with Crippen molar-refractivity contribution in [2.24, 2.45) is 5.92 Å². The third-order valence-electron chi connectivity index (χ3n) is 5.33. The van der Waals surface area contributed by atoms with E-state index in [1.54, 1.807) is 29.7 Å². The third kappa shape index (κ3) is 5.15. The summed E-state index contributed by atoms with van der Waals surface area (Å²) in [5.41, 5.74) is 6.03. The van der Waals surface area contributed by atoms with Crippen LogP contribution in [0.3, 0.4) is 0 Å². The smallest absolute Gasteiger partial charge is 0.329 e. The number of urea groups is 1. The van der Waals surface area contributed by atoms with Crippen molar-refractivity contribution in [2.75, 3.05) is 18.4 Å². The molecule has 0 bridgehead atoms. The molecule has 3 aromatic rings. The number of fused-ring (bicyclic) bond motifs is 1. The van der Waals surface area contributed by atoms with Crippen LogP contribution in [0, 0.1) is 5.92 Å². The number of benzene rings is 1. The van der Waals surface area contributed by atoms with E-state index in [9.17, 15) is 18.0 Å². The van der Waals surface area contributed by atoms with Gasteiger partial charge in [0, 0.05) is 29.9 Å². The van der Waals surface area contributed by atoms with Gasteiger partial charge in [0.25, 0.3) is 0 Å². The number of alkyl halides is 3. The van der Waals surface area contributed by atoms with Crippen LogP contribution in [0.5, 0.6) is 0 Å². The number of nitrogens with one attached hydrogen (secondary N) is 3. The van der Waals surface area contributed by atoms with Gasteiger partial charge in [-0.2, -0.15) is 13.2 Å². The predicted molar refractivity (Wildman–Crippen MR) is 109 cm³/mol. The van der Waals surface area contributed by atoms with E-state index in [0.29, 0.717) is 18.2 Å². The molecule has 2 amide bonds. The van der Waals surface area contributed by atoms with Gasteiger partial charge >= 0.3 is 12.2 Å². The Labute approximate surface area is 176 Å². The number of imidazole rings is 1. The number of anilines is 1. The van der Waals surface area contributed by atoms with Gasteiger partial charge in [0.05, 0.1) is 11.9 Å². The molecule has 0 aliphatic heterocycles. The number of hydrogen-bond donors (Lipinski definition) is 4. The minimum absolute atomic E-state index is 0.220. The lowest BCUT2D eigenvalue weighted by molar-refractivity contribution is -0.122. The average Bonchev–Trinajstić information content (AvgIpc) is 3.48. The number of carbonyl (C=O) groups excluding carboxylic acids is 1. The second-order valence-corrected chi connectivity index (χ2v) is 7.64. The second kappa shape index (κ2) is 8.56. The highest BCUT2D eigenvalue weighted by atomic mass is 19.4. The van der Waals surface area contributed by atoms with Gasteiger partial charge in [-0.3, -0.25) is 4.40 Å². The maximum absolute atomic E-state index is 12.3. The number of hydrogen-bond acceptors (Lipinski definition) is 4. The topological polar surface area (TPSA) is 90.7 Å². The summed E-state index contributed by atoms with van der Waals surface area (Å²) >= 11 is 0. The SMILES string of the molecule is O=C(NCC(F)(F)F)Nc1cccc(-c2cnc3cc(C(CNO)C4CC4)ccn23)c1. The lowest BCUT2D eigenvalue weighted by Gasteiger charge is -2.16. The molecule has 0 radical (unpaired) electrons. The Morgan fingerprint density at radius 2 is 2.06 bits per heavy atom. The van der Waals surface area contributed by atoms with E-state index in [4.69, 9.17) is 5.21 Å². The fraction of sp³-hybridized carbons (Fsp3) is 0.333. The van der Waals surface area contributed by atoms with Crippen molar-refractivity contribution in [3.8, 4) is 11.3 Å². The molecule has 1 unspecified atom stereocenters. The number of rotatable bonds is 7. The Kier molecular flexibility index (Phi) is 5.84. The third-order valence-corrected chi connectivity index (χ3v) is 5.33. The van der Waals surface area contributed by atoms with E-state index in [2.05, 4.69) is 15.8 Å². The van der Waals surface area contributed by atoms with Crippen molar-refractivity contribution in [2.45, 2.75) is 24.9 Å². The first-order valence-electron chi connectivity index (χ1n) is 9.90. The fourth-order valence-electron chi connectivity index (χ4n) is 3.71. The summed E-state index contributed by atoms with van der Waals surface area (Å²) in [5.74, 6) is 0.778. The highest BCUT2D eigenvalue weighted by Gasteiger charge is 2.32. The van der Waals surface area contributed by atoms with Crippen LogP contribution in [0.1, 0.15) is 24.3 Å². The van der Waals surface area contributed by atoms with Crippen molar-refractivity contribution < 1.29 is 23.2 Å². The molecule has 2 heterocycles. The molecule has 10 heteroatoms. The zero-order valence-electron chi connectivity index (χ0n) is 16.5. The summed E-state index contributed by atoms with van der Waals surface area (Å²) in [5, 5.41) is 13.3. The molecule has 1 fully saturated rings. The van der Waals surface area contributed by atoms with Gasteiger partial charge in [-0.1, -0.05) is 12.1 Å². The Balaban J connectivity index is 1.53. The quantitative estimate of drug-likeness (QED) is 0.421. The molecule has 1 aliphatic rings. The van der Waals surface area contributed by atoms with Gasteiger partial charge in [-0.05, 0) is 48.6 Å². The molecule has 1 atom stereocenters. The highest BCUT2D eigenvalue weighted by molar-refractivity contribution is 5.90. The Morgan fingerprint density at radius 3 is 2.77 bits per heavy atom. The van der Waals surface area contributed by atoms with Crippen LogP contribution >= 0.6 is 0 Å². The molecule has 31 heavy (non-hydrogen) atoms. The monoisotopic (exact) mass is 433 g/mol. The maximum Gasteiger partial charge on any atom is 0.405 e. The largest absolute Gasteiger partial charge is 0.405 e. The number of amides is 2. The molecule has 164 valence electrons. The first-order chi connectivity index (χ1) is 14.8. The summed E-state index contributed by atoms with van der Waals surface area (Å²) < 4.78 is 38.7. The number of halogens is 3. The normalized spacial score (nSPS) is 15.1. The number of hydroxylamine groups is 1. The lowest BCUT2D eigenvalue weighted by atomic mass is 9.95. The molecule has 1 aliphatic carbocycles. The van der Waals surface area contributed by atoms with E-state index < -0.39 is 18.8 Å². The van der Waals surface area contributed by atoms with E-state index >= 15 is 0 Å². The molecule has 2 aromatic heterocycles. The second-order valence-electron chi connectivity index (χ2n) is 7.64. The predicted octanol–water partition coefficient (Wildman–Crippen LogP) is 4.16. The fourth-order valence-corrected chi connectivity index (χ4v) is 3.71. The molecule has 0 saturated heterocycles. The first kappa shape index (κ1) is 21.1. The van der Waals surface area contributed by atoms with E-state index in [1.807, 2.05) is 28.8 Å². The average molecular weight is 433 g/mol. The van der Waals surface area contributed by atoms with Gasteiger partial charge in [0.2, 0.25) is 0 Å². The van der Waals surface area contributed by atoms with Crippen molar-refractivity contribution in [3.63, 3.8) is 0 Å². The Morgan fingerprint density at radius 1 is 1.26 bits per heavy atom. The van der Waals surface area contributed by atoms with Crippen LogP contribution in [0.2, 0.25) is 0 Å². The summed E-state index contributed by atoms with van der Waals surface area (Å²) in [4.78, 5) is 16.2. The van der Waals surface area contributed by atoms with Crippen molar-refractivity contribution in [3.05, 3.63) is 54.4 Å². The standard InChI is InChI=1S/C21H22F3N5O2/c22-21(23,24)12-26-20(30)28-16-3-1-2-15(8-16)18-11-25-19-9-14(6-7-29(18)19)17(10-27-31)13-4-5-13/h1-3,6-9,11,13,17,27,31H,4-5,10,12H2,(H2,26,28,30). The molecule has 4 rings (SSSR count). The zero-order valence-corrected chi connectivity index (χ0v) is 16.5. The van der Waals surface area contributed by atoms with Gasteiger partial charge in [-0.15, -0.1) is 0 Å². The van der Waals surface area contributed by atoms with Crippen LogP contribution in [0.25, 0.3) is 16.9 Å². The minimum atomic E-state index is -4.47. The van der Waals surface area contributed by atoms with E-state index in [0.717, 1.165) is 35.3 Å². The molecule has 0 spiro atoms. The lowest BCUT2D eigenvalue weighted by Crippen LogP contribution is -2.36. The van der Waals surface area contributed by atoms with Crippen LogP contribution in [0.15, 0.2) is 48.8 Å². The summed E-state index contributed by atoms with van der Waals surface area (Å²) in [6, 6.07) is 9.88. The van der Waals surface area contributed by atoms with Gasteiger partial charge in [-0.25, -0.2) is 15.3 Å². The molecule has 4 N–H and O–H groups in total. The summed E-state index contributed by atoms with van der Waals surface area (Å²) in [7, 11) is 0. The zero-order chi connectivity index (χ0) is 22.0.